The molecular weight excluding hydrogens is 695 g/mol. The van der Waals surface area contributed by atoms with Crippen LogP contribution in [0.15, 0.2) is 91.0 Å². The van der Waals surface area contributed by atoms with Crippen LogP contribution in [0, 0.1) is 6.07 Å². The van der Waals surface area contributed by atoms with Gasteiger partial charge >= 0.3 is 27.7 Å². The first kappa shape index (κ1) is 36.5. The van der Waals surface area contributed by atoms with E-state index in [9.17, 15) is 0 Å². The Morgan fingerprint density at radius 1 is 0.630 bits per heavy atom. The number of benzene rings is 4. The van der Waals surface area contributed by atoms with Crippen LogP contribution in [0.2, 0.25) is 0 Å². The van der Waals surface area contributed by atoms with E-state index in [2.05, 4.69) is 114 Å². The molecule has 2 N–H and O–H groups in total. The average Bonchev–Trinajstić information content (AvgIpc) is 3.11. The van der Waals surface area contributed by atoms with Crippen molar-refractivity contribution >= 4 is 39.8 Å². The van der Waals surface area contributed by atoms with E-state index in [4.69, 9.17) is 5.73 Å². The second-order valence-corrected chi connectivity index (χ2v) is 15.6. The van der Waals surface area contributed by atoms with Crippen molar-refractivity contribution in [1.82, 2.24) is 0 Å². The van der Waals surface area contributed by atoms with Crippen LogP contribution in [-0.4, -0.2) is 39.5 Å². The van der Waals surface area contributed by atoms with Crippen LogP contribution >= 0.6 is 17.5 Å². The summed E-state index contributed by atoms with van der Waals surface area (Å²) in [5, 5.41) is 1.69. The van der Waals surface area contributed by atoms with Gasteiger partial charge < -0.3 is 15.5 Å². The first-order valence-corrected chi connectivity index (χ1v) is 20.2. The van der Waals surface area contributed by atoms with Gasteiger partial charge in [-0.25, -0.2) is 0 Å². The van der Waals surface area contributed by atoms with Gasteiger partial charge in [0.05, 0.1) is 0 Å². The van der Waals surface area contributed by atoms with Crippen LogP contribution in [0.4, 0.5) is 17.1 Å². The van der Waals surface area contributed by atoms with Crippen LogP contribution in [0.3, 0.4) is 0 Å². The molecule has 4 aromatic carbocycles. The molecule has 2 saturated carbocycles. The van der Waals surface area contributed by atoms with Gasteiger partial charge in [0.1, 0.15) is 0 Å². The molecule has 0 unspecified atom stereocenters. The summed E-state index contributed by atoms with van der Waals surface area (Å²) >= 11 is 2.22. The molecule has 46 heavy (non-hydrogen) atoms. The van der Waals surface area contributed by atoms with E-state index in [0.717, 1.165) is 28.1 Å². The van der Waals surface area contributed by atoms with E-state index >= 15 is 0 Å². The fourth-order valence-electron chi connectivity index (χ4n) is 7.17. The predicted octanol–water partition coefficient (Wildman–Crippen LogP) is 10.7. The first-order chi connectivity index (χ1) is 22.5. The van der Waals surface area contributed by atoms with Gasteiger partial charge in [0.2, 0.25) is 0 Å². The van der Waals surface area contributed by atoms with E-state index in [0.29, 0.717) is 0 Å². The molecule has 2 aliphatic carbocycles. The third kappa shape index (κ3) is 9.39. The molecule has 0 bridgehead atoms. The molecular formula is C40H51ClN3PPd. The Labute approximate surface area is 295 Å². The molecule has 0 aliphatic heterocycles. The van der Waals surface area contributed by atoms with Crippen molar-refractivity contribution in [3.05, 3.63) is 97.1 Å². The number of nitrogens with two attached hydrogens (primary N) is 1. The molecule has 0 aromatic heterocycles. The minimum atomic E-state index is -0.137. The number of rotatable bonds is 7. The van der Waals surface area contributed by atoms with Gasteiger partial charge in [-0.1, -0.05) is 101 Å². The van der Waals surface area contributed by atoms with E-state index in [1.807, 2.05) is 48.5 Å². The van der Waals surface area contributed by atoms with Crippen molar-refractivity contribution in [2.75, 3.05) is 43.7 Å². The molecule has 6 heteroatoms. The number of halogens is 1. The summed E-state index contributed by atoms with van der Waals surface area (Å²) < 4.78 is 0. The Bertz CT molecular complexity index is 1420. The van der Waals surface area contributed by atoms with E-state index < -0.39 is 0 Å². The van der Waals surface area contributed by atoms with Crippen molar-refractivity contribution in [1.29, 1.82) is 0 Å². The minimum absolute atomic E-state index is 0.137. The molecule has 4 aromatic rings. The number of hydrogen-bond donors (Lipinski definition) is 1. The van der Waals surface area contributed by atoms with Crippen LogP contribution < -0.4 is 20.8 Å². The van der Waals surface area contributed by atoms with Crippen LogP contribution in [0.25, 0.3) is 22.3 Å². The molecule has 0 saturated heterocycles. The number of para-hydroxylation sites is 1. The normalized spacial score (nSPS) is 15.3. The molecule has 0 amide bonds. The fraction of sp³-hybridized carbons (Fsp3) is 0.400. The monoisotopic (exact) mass is 745 g/mol. The molecule has 6 rings (SSSR count). The summed E-state index contributed by atoms with van der Waals surface area (Å²) in [6.07, 6.45) is 14.5. The second kappa shape index (κ2) is 18.9. The van der Waals surface area contributed by atoms with Crippen molar-refractivity contribution in [3.63, 3.8) is 0 Å². The van der Waals surface area contributed by atoms with E-state index in [-0.39, 0.29) is 7.92 Å². The molecule has 3 nitrogen and oxygen atoms in total. The van der Waals surface area contributed by atoms with Gasteiger partial charge in [0, 0.05) is 45.1 Å². The maximum atomic E-state index is 5.83. The third-order valence-electron chi connectivity index (χ3n) is 9.33. The summed E-state index contributed by atoms with van der Waals surface area (Å²) in [6.45, 7) is 0. The molecule has 2 aliphatic rings. The number of anilines is 3. The summed E-state index contributed by atoms with van der Waals surface area (Å²) in [6, 6.07) is 35.1. The zero-order chi connectivity index (χ0) is 32.9. The van der Waals surface area contributed by atoms with Gasteiger partial charge in [0.15, 0.2) is 0 Å². The average molecular weight is 747 g/mol. The van der Waals surface area contributed by atoms with Gasteiger partial charge in [0.25, 0.3) is 0 Å². The Hall–Kier alpha value is -2.34. The van der Waals surface area contributed by atoms with Gasteiger partial charge in [-0.15, -0.1) is 35.9 Å². The van der Waals surface area contributed by atoms with Crippen LogP contribution in [-0.2, 0) is 18.2 Å². The standard InChI is InChI=1S/C28H41N2P.C12H10N.ClH.Pd/c1-29(2)25-19-13-20-26(30(3)4)28(25)24-18-11-12-21-27(24)31(22-14-7-5-8-15-22)23-16-9-6-10-17-23;13-12-9-5-4-8-11(12)10-6-2-1-3-7-10;;/h11-13,18-23H,5-10,14-17H2,1-4H3;1-6,8-9H,13H2;1H;/q;-1;;+2/p-1. The molecule has 2 fully saturated rings. The Morgan fingerprint density at radius 2 is 1.13 bits per heavy atom. The van der Waals surface area contributed by atoms with Crippen molar-refractivity contribution < 1.29 is 18.2 Å². The van der Waals surface area contributed by atoms with Crippen LogP contribution in [0.1, 0.15) is 64.2 Å². The number of nitrogen functional groups attached to an aromatic ring is 1. The maximum absolute atomic E-state index is 5.83. The number of hydrogen-bond acceptors (Lipinski definition) is 3. The summed E-state index contributed by atoms with van der Waals surface area (Å²) in [5.41, 5.74) is 16.1. The summed E-state index contributed by atoms with van der Waals surface area (Å²) in [4.78, 5) is 4.59. The third-order valence-corrected chi connectivity index (χ3v) is 12.9. The van der Waals surface area contributed by atoms with Crippen LogP contribution in [0.5, 0.6) is 0 Å². The Kier molecular flexibility index (Phi) is 15.0. The van der Waals surface area contributed by atoms with Gasteiger partial charge in [-0.3, -0.25) is 0 Å². The predicted molar refractivity (Wildman–Crippen MR) is 202 cm³/mol. The molecule has 0 radical (unpaired) electrons. The van der Waals surface area contributed by atoms with Gasteiger partial charge in [-0.05, 0) is 71.8 Å². The zero-order valence-electron chi connectivity index (χ0n) is 28.0. The quantitative estimate of drug-likeness (QED) is 0.0885. The second-order valence-electron chi connectivity index (χ2n) is 12.8. The summed E-state index contributed by atoms with van der Waals surface area (Å²) in [5.74, 6) is 0. The van der Waals surface area contributed by atoms with Crippen molar-refractivity contribution in [2.45, 2.75) is 75.5 Å². The van der Waals surface area contributed by atoms with E-state index in [1.54, 1.807) is 5.30 Å². The Balaban J connectivity index is 0.000000266. The molecule has 0 spiro atoms. The van der Waals surface area contributed by atoms with Crippen molar-refractivity contribution in [2.24, 2.45) is 0 Å². The fourth-order valence-corrected chi connectivity index (χ4v) is 11.1. The van der Waals surface area contributed by atoms with Crippen molar-refractivity contribution in [3.8, 4) is 22.3 Å². The SMILES string of the molecule is CN(C)c1cccc(N(C)C)c1-c1ccccc1P(C1CCCCC1)C1CCCCC1.Nc1ccccc1-c1[c-]cccc1.[Cl][Pd+]. The topological polar surface area (TPSA) is 32.5 Å². The summed E-state index contributed by atoms with van der Waals surface area (Å²) in [7, 11) is 13.1. The van der Waals surface area contributed by atoms with Gasteiger partial charge in [-0.2, -0.15) is 0 Å². The molecule has 0 atom stereocenters. The molecule has 248 valence electrons. The Morgan fingerprint density at radius 3 is 1.63 bits per heavy atom. The molecule has 0 heterocycles. The zero-order valence-corrected chi connectivity index (χ0v) is 31.2. The number of nitrogens with zero attached hydrogens (tertiary/aromatic N) is 2. The first-order valence-electron chi connectivity index (χ1n) is 16.7. The van der Waals surface area contributed by atoms with E-state index in [1.165, 1.54) is 86.7 Å².